The van der Waals surface area contributed by atoms with Crippen molar-refractivity contribution in [2.75, 3.05) is 6.61 Å². The molecule has 89 valence electrons. The molecule has 0 unspecified atom stereocenters. The first-order valence-electron chi connectivity index (χ1n) is 5.79. The molecule has 1 aromatic carbocycles. The maximum atomic E-state index is 5.65. The van der Waals surface area contributed by atoms with E-state index < -0.39 is 0 Å². The Labute approximate surface area is 115 Å². The minimum atomic E-state index is 0. The summed E-state index contributed by atoms with van der Waals surface area (Å²) in [5.41, 5.74) is 2.41. The van der Waals surface area contributed by atoms with E-state index in [0.717, 1.165) is 18.7 Å². The van der Waals surface area contributed by atoms with Crippen molar-refractivity contribution in [3.8, 4) is 0 Å². The molecule has 2 aliphatic rings. The smallest absolute Gasteiger partial charge is 0.560 e. The predicted molar refractivity (Wildman–Crippen MR) is 63.2 cm³/mol. The summed E-state index contributed by atoms with van der Waals surface area (Å²) in [7, 11) is 0. The second-order valence-electron chi connectivity index (χ2n) is 4.18. The van der Waals surface area contributed by atoms with Gasteiger partial charge in [0.1, 0.15) is 0 Å². The minimum Gasteiger partial charge on any atom is -0.560 e. The Morgan fingerprint density at radius 3 is 2.76 bits per heavy atom. The van der Waals surface area contributed by atoms with Gasteiger partial charge < -0.3 is 9.73 Å². The number of hydrogen-bond acceptors (Lipinski definition) is 2. The Bertz CT molecular complexity index is 439. The number of nitrogens with zero attached hydrogens (tertiary/aromatic N) is 1. The molecule has 1 atom stereocenters. The van der Waals surface area contributed by atoms with Crippen molar-refractivity contribution in [2.24, 2.45) is 4.99 Å². The van der Waals surface area contributed by atoms with E-state index in [1.165, 1.54) is 17.6 Å². The van der Waals surface area contributed by atoms with Gasteiger partial charge in [0.05, 0.1) is 18.5 Å². The molecular weight excluding hydrogens is 299 g/mol. The van der Waals surface area contributed by atoms with E-state index in [1.807, 2.05) is 18.2 Å². The molecular formula is C14H14NORu. The molecule has 17 heavy (non-hydrogen) atoms. The Morgan fingerprint density at radius 2 is 2.06 bits per heavy atom. The van der Waals surface area contributed by atoms with E-state index in [0.29, 0.717) is 6.61 Å². The van der Waals surface area contributed by atoms with Crippen LogP contribution in [0.1, 0.15) is 30.9 Å². The standard InChI is InChI=1S/C14H14NO.Ru/c1-2-6-11(7-3-1)13-10-16-14(15-13)12-8-4-5-9-12;/h1-3,6-7,13H,4-5,8,10H2;/q-1;+1/t13-;/m1./s1. The topological polar surface area (TPSA) is 21.6 Å². The SMILES string of the molecule is [C-]1=C(C2=N[C@@H](c3ccccc3)CO2)CCC1.[Ru+]. The second kappa shape index (κ2) is 5.59. The molecule has 1 aliphatic carbocycles. The molecule has 3 rings (SSSR count). The van der Waals surface area contributed by atoms with Crippen LogP contribution in [0.5, 0.6) is 0 Å². The van der Waals surface area contributed by atoms with Gasteiger partial charge in [-0.2, -0.15) is 5.57 Å². The quantitative estimate of drug-likeness (QED) is 0.607. The average molecular weight is 313 g/mol. The molecule has 0 saturated heterocycles. The van der Waals surface area contributed by atoms with Crippen LogP contribution in [0.15, 0.2) is 40.9 Å². The summed E-state index contributed by atoms with van der Waals surface area (Å²) in [5.74, 6) is 0.825. The normalized spacial score (nSPS) is 22.5. The number of allylic oxidation sites excluding steroid dienone is 1. The van der Waals surface area contributed by atoms with Gasteiger partial charge in [0.15, 0.2) is 0 Å². The van der Waals surface area contributed by atoms with Crippen molar-refractivity contribution < 1.29 is 24.2 Å². The Kier molecular flexibility index (Phi) is 4.12. The number of rotatable bonds is 2. The Balaban J connectivity index is 0.00000108. The van der Waals surface area contributed by atoms with Crippen molar-refractivity contribution in [2.45, 2.75) is 25.3 Å². The number of ether oxygens (including phenoxy) is 1. The van der Waals surface area contributed by atoms with Crippen LogP contribution in [0, 0.1) is 6.08 Å². The summed E-state index contributed by atoms with van der Waals surface area (Å²) in [5, 5.41) is 0. The second-order valence-corrected chi connectivity index (χ2v) is 4.18. The molecule has 0 bridgehead atoms. The summed E-state index contributed by atoms with van der Waals surface area (Å²) in [6.45, 7) is 0.671. The maximum absolute atomic E-state index is 5.65. The van der Waals surface area contributed by atoms with E-state index in [9.17, 15) is 0 Å². The molecule has 2 nitrogen and oxygen atoms in total. The van der Waals surface area contributed by atoms with Gasteiger partial charge >= 0.3 is 19.5 Å². The fourth-order valence-corrected chi connectivity index (χ4v) is 2.16. The molecule has 0 amide bonds. The van der Waals surface area contributed by atoms with E-state index in [1.54, 1.807) is 0 Å². The van der Waals surface area contributed by atoms with E-state index in [-0.39, 0.29) is 25.5 Å². The molecule has 0 saturated carbocycles. The first-order chi connectivity index (χ1) is 7.93. The predicted octanol–water partition coefficient (Wildman–Crippen LogP) is 3.07. The van der Waals surface area contributed by atoms with Gasteiger partial charge in [-0.1, -0.05) is 43.2 Å². The maximum Gasteiger partial charge on any atom is 1.00 e. The summed E-state index contributed by atoms with van der Waals surface area (Å²) in [6.07, 6.45) is 6.64. The first-order valence-corrected chi connectivity index (χ1v) is 5.79. The first kappa shape index (κ1) is 12.5. The Morgan fingerprint density at radius 1 is 1.24 bits per heavy atom. The zero-order valence-corrected chi connectivity index (χ0v) is 11.2. The van der Waals surface area contributed by atoms with Crippen molar-refractivity contribution >= 4 is 5.90 Å². The fraction of sp³-hybridized carbons (Fsp3) is 0.357. The molecule has 0 fully saturated rings. The minimum absolute atomic E-state index is 0. The molecule has 1 radical (unpaired) electrons. The van der Waals surface area contributed by atoms with E-state index >= 15 is 0 Å². The van der Waals surface area contributed by atoms with Gasteiger partial charge in [-0.15, -0.1) is 6.42 Å². The van der Waals surface area contributed by atoms with Crippen LogP contribution in [0.2, 0.25) is 0 Å². The molecule has 1 aliphatic heterocycles. The van der Waals surface area contributed by atoms with Crippen LogP contribution >= 0.6 is 0 Å². The summed E-state index contributed by atoms with van der Waals surface area (Å²) in [4.78, 5) is 4.64. The number of aliphatic imine (C=N–C) groups is 1. The van der Waals surface area contributed by atoms with Gasteiger partial charge in [-0.05, 0) is 5.56 Å². The van der Waals surface area contributed by atoms with E-state index in [2.05, 4.69) is 23.2 Å². The van der Waals surface area contributed by atoms with Crippen LogP contribution in [-0.2, 0) is 24.2 Å². The van der Waals surface area contributed by atoms with Crippen molar-refractivity contribution in [3.63, 3.8) is 0 Å². The largest absolute Gasteiger partial charge is 1.00 e. The van der Waals surface area contributed by atoms with Crippen LogP contribution in [0.3, 0.4) is 0 Å². The summed E-state index contributed by atoms with van der Waals surface area (Å²) >= 11 is 0. The third kappa shape index (κ3) is 2.66. The molecule has 1 heterocycles. The van der Waals surface area contributed by atoms with E-state index in [4.69, 9.17) is 4.74 Å². The molecule has 0 aromatic heterocycles. The zero-order chi connectivity index (χ0) is 10.8. The monoisotopic (exact) mass is 314 g/mol. The van der Waals surface area contributed by atoms with Crippen LogP contribution in [-0.4, -0.2) is 12.5 Å². The van der Waals surface area contributed by atoms with Crippen LogP contribution < -0.4 is 0 Å². The third-order valence-corrected chi connectivity index (χ3v) is 3.04. The van der Waals surface area contributed by atoms with Gasteiger partial charge in [0.2, 0.25) is 0 Å². The average Bonchev–Trinajstić information content (AvgIpc) is 3.01. The number of benzene rings is 1. The summed E-state index contributed by atoms with van der Waals surface area (Å²) < 4.78 is 5.65. The number of hydrogen-bond donors (Lipinski definition) is 0. The molecule has 0 spiro atoms. The van der Waals surface area contributed by atoms with Gasteiger partial charge in [-0.3, -0.25) is 6.08 Å². The van der Waals surface area contributed by atoms with Crippen molar-refractivity contribution in [3.05, 3.63) is 47.5 Å². The molecule has 3 heteroatoms. The van der Waals surface area contributed by atoms with Crippen molar-refractivity contribution in [1.29, 1.82) is 0 Å². The molecule has 0 N–H and O–H groups in total. The van der Waals surface area contributed by atoms with Gasteiger partial charge in [0.25, 0.3) is 0 Å². The summed E-state index contributed by atoms with van der Waals surface area (Å²) in [6, 6.07) is 10.5. The van der Waals surface area contributed by atoms with Crippen LogP contribution in [0.25, 0.3) is 0 Å². The molecule has 1 aromatic rings. The zero-order valence-electron chi connectivity index (χ0n) is 9.50. The third-order valence-electron chi connectivity index (χ3n) is 3.04. The van der Waals surface area contributed by atoms with Gasteiger partial charge in [0, 0.05) is 0 Å². The fourth-order valence-electron chi connectivity index (χ4n) is 2.16. The van der Waals surface area contributed by atoms with Crippen LogP contribution in [0.4, 0.5) is 0 Å². The van der Waals surface area contributed by atoms with Crippen molar-refractivity contribution in [1.82, 2.24) is 0 Å². The van der Waals surface area contributed by atoms with Gasteiger partial charge in [-0.25, -0.2) is 0 Å². The Hall–Kier alpha value is -0.947.